The third-order valence-corrected chi connectivity index (χ3v) is 10.6. The summed E-state index contributed by atoms with van der Waals surface area (Å²) in [5.74, 6) is -0.336. The van der Waals surface area contributed by atoms with Crippen LogP contribution in [0.15, 0.2) is 143 Å². The molecule has 1 heterocycles. The van der Waals surface area contributed by atoms with Gasteiger partial charge < -0.3 is 25.4 Å². The van der Waals surface area contributed by atoms with Gasteiger partial charge >= 0.3 is 0 Å². The fourth-order valence-electron chi connectivity index (χ4n) is 5.60. The van der Waals surface area contributed by atoms with Gasteiger partial charge in [-0.2, -0.15) is 5.26 Å². The number of rotatable bonds is 13. The minimum atomic E-state index is -0.702. The van der Waals surface area contributed by atoms with E-state index in [1.165, 1.54) is 36.3 Å². The summed E-state index contributed by atoms with van der Waals surface area (Å²) in [5, 5.41) is 20.4. The summed E-state index contributed by atoms with van der Waals surface area (Å²) >= 11 is 2.61. The summed E-state index contributed by atoms with van der Waals surface area (Å²) < 4.78 is 10.9. The Bertz CT molecular complexity index is 2390. The average Bonchev–Trinajstić information content (AvgIpc) is 3.62. The Kier molecular flexibility index (Phi) is 12.4. The molecule has 1 unspecified atom stereocenters. The van der Waals surface area contributed by atoms with Crippen LogP contribution in [0.25, 0.3) is 17.2 Å². The molecule has 9 nitrogen and oxygen atoms in total. The van der Waals surface area contributed by atoms with Crippen LogP contribution >= 0.6 is 23.1 Å². The van der Waals surface area contributed by atoms with Crippen LogP contribution in [0, 0.1) is 18.3 Å². The van der Waals surface area contributed by atoms with Crippen molar-refractivity contribution in [3.8, 4) is 28.7 Å². The van der Waals surface area contributed by atoms with Crippen LogP contribution in [0.5, 0.6) is 11.5 Å². The molecule has 0 fully saturated rings. The quantitative estimate of drug-likeness (QED) is 0.0789. The van der Waals surface area contributed by atoms with Gasteiger partial charge in [-0.05, 0) is 66.6 Å². The largest absolute Gasteiger partial charge is 0.497 e. The number of nitriles is 1. The number of benzene rings is 5. The van der Waals surface area contributed by atoms with Crippen molar-refractivity contribution in [1.29, 1.82) is 5.26 Å². The molecule has 3 amide bonds. The maximum absolute atomic E-state index is 14.0. The molecule has 0 aliphatic carbocycles. The normalized spacial score (nSPS) is 11.5. The molecule has 1 atom stereocenters. The van der Waals surface area contributed by atoms with Gasteiger partial charge in [0.2, 0.25) is 5.91 Å². The van der Waals surface area contributed by atoms with Gasteiger partial charge in [-0.1, -0.05) is 84.4 Å². The summed E-state index contributed by atoms with van der Waals surface area (Å²) in [7, 11) is 3.05. The van der Waals surface area contributed by atoms with Crippen molar-refractivity contribution in [2.45, 2.75) is 17.1 Å². The van der Waals surface area contributed by atoms with E-state index in [0.717, 1.165) is 22.3 Å². The Morgan fingerprint density at radius 1 is 0.818 bits per heavy atom. The monoisotopic (exact) mass is 764 g/mol. The van der Waals surface area contributed by atoms with Gasteiger partial charge in [0.15, 0.2) is 0 Å². The standard InChI is InChI=1S/C44H36N4O5S2/c1-28-17-19-29(20-18-28)37-27-54-44(36(37)26-45)48-43(51)40(30-11-6-4-7-12-30)55-35-16-10-15-33(24-35)46-42(50)38(47-41(49)31-13-8-5-9-14-31)23-32-21-22-34(52-2)25-39(32)53-3/h4-25,27,40H,1-3H3,(H,46,50)(H,47,49)(H,48,51)/b38-23+. The lowest BCUT2D eigenvalue weighted by Gasteiger charge is -2.18. The molecule has 0 aliphatic rings. The van der Waals surface area contributed by atoms with Crippen LogP contribution in [0.4, 0.5) is 10.7 Å². The van der Waals surface area contributed by atoms with Crippen LogP contribution in [-0.4, -0.2) is 31.9 Å². The number of anilines is 2. The third kappa shape index (κ3) is 9.50. The van der Waals surface area contributed by atoms with Gasteiger partial charge in [0.1, 0.15) is 33.5 Å². The van der Waals surface area contributed by atoms with E-state index >= 15 is 0 Å². The first-order valence-corrected chi connectivity index (χ1v) is 18.8. The smallest absolute Gasteiger partial charge is 0.272 e. The molecule has 6 aromatic rings. The number of hydrogen-bond acceptors (Lipinski definition) is 8. The number of methoxy groups -OCH3 is 2. The van der Waals surface area contributed by atoms with Crippen molar-refractivity contribution < 1.29 is 23.9 Å². The van der Waals surface area contributed by atoms with Gasteiger partial charge in [-0.25, -0.2) is 0 Å². The molecule has 0 spiro atoms. The van der Waals surface area contributed by atoms with E-state index in [9.17, 15) is 19.6 Å². The van der Waals surface area contributed by atoms with Crippen LogP contribution in [0.1, 0.15) is 37.9 Å². The number of carbonyl (C=O) groups is 3. The van der Waals surface area contributed by atoms with Crippen LogP contribution in [0.2, 0.25) is 0 Å². The highest BCUT2D eigenvalue weighted by molar-refractivity contribution is 8.00. The zero-order valence-corrected chi connectivity index (χ0v) is 31.8. The number of ether oxygens (including phenoxy) is 2. The first-order chi connectivity index (χ1) is 26.8. The Morgan fingerprint density at radius 2 is 1.55 bits per heavy atom. The van der Waals surface area contributed by atoms with Crippen molar-refractivity contribution in [3.05, 3.63) is 166 Å². The fourth-order valence-corrected chi connectivity index (χ4v) is 7.61. The van der Waals surface area contributed by atoms with Gasteiger partial charge in [0, 0.05) is 38.7 Å². The Morgan fingerprint density at radius 3 is 2.24 bits per heavy atom. The average molecular weight is 765 g/mol. The number of thiophene rings is 1. The van der Waals surface area contributed by atoms with E-state index in [2.05, 4.69) is 22.0 Å². The minimum Gasteiger partial charge on any atom is -0.497 e. The number of hydrogen-bond donors (Lipinski definition) is 3. The van der Waals surface area contributed by atoms with Gasteiger partial charge in [-0.15, -0.1) is 23.1 Å². The van der Waals surface area contributed by atoms with Crippen molar-refractivity contribution in [2.24, 2.45) is 0 Å². The summed E-state index contributed by atoms with van der Waals surface area (Å²) in [6.45, 7) is 2.00. The Balaban J connectivity index is 1.26. The molecule has 55 heavy (non-hydrogen) atoms. The maximum atomic E-state index is 14.0. The highest BCUT2D eigenvalue weighted by Gasteiger charge is 2.25. The van der Waals surface area contributed by atoms with E-state index in [1.54, 1.807) is 73.8 Å². The minimum absolute atomic E-state index is 0.0221. The number of thioether (sulfide) groups is 1. The van der Waals surface area contributed by atoms with Crippen LogP contribution in [-0.2, 0) is 9.59 Å². The maximum Gasteiger partial charge on any atom is 0.272 e. The van der Waals surface area contributed by atoms with Crippen LogP contribution < -0.4 is 25.4 Å². The first-order valence-electron chi connectivity index (χ1n) is 17.1. The van der Waals surface area contributed by atoms with Crippen molar-refractivity contribution in [1.82, 2.24) is 5.32 Å². The first kappa shape index (κ1) is 38.1. The highest BCUT2D eigenvalue weighted by atomic mass is 32.2. The van der Waals surface area contributed by atoms with E-state index in [0.29, 0.717) is 43.8 Å². The topological polar surface area (TPSA) is 130 Å². The molecule has 0 bridgehead atoms. The second kappa shape index (κ2) is 17.9. The SMILES string of the molecule is COc1ccc(/C=C(/NC(=O)c2ccccc2)C(=O)Nc2cccc(SC(C(=O)Nc3scc(-c4ccc(C)cc4)c3C#N)c3ccccc3)c2)c(OC)c1. The molecule has 5 aromatic carbocycles. The molecule has 274 valence electrons. The molecule has 0 saturated carbocycles. The summed E-state index contributed by atoms with van der Waals surface area (Å²) in [5.41, 5.74) is 5.26. The molecule has 3 N–H and O–H groups in total. The highest BCUT2D eigenvalue weighted by Crippen LogP contribution is 2.40. The number of nitrogens with zero attached hydrogens (tertiary/aromatic N) is 1. The number of amides is 3. The van der Waals surface area contributed by atoms with E-state index in [1.807, 2.05) is 73.0 Å². The molecule has 0 saturated heterocycles. The van der Waals surface area contributed by atoms with Crippen LogP contribution in [0.3, 0.4) is 0 Å². The third-order valence-electron chi connectivity index (χ3n) is 8.46. The molecule has 0 radical (unpaired) electrons. The lowest BCUT2D eigenvalue weighted by atomic mass is 10.0. The van der Waals surface area contributed by atoms with Gasteiger partial charge in [-0.3, -0.25) is 14.4 Å². The molecule has 0 aliphatic heterocycles. The van der Waals surface area contributed by atoms with E-state index in [4.69, 9.17) is 9.47 Å². The second-order valence-electron chi connectivity index (χ2n) is 12.2. The summed E-state index contributed by atoms with van der Waals surface area (Å²) in [4.78, 5) is 41.9. The van der Waals surface area contributed by atoms with Crippen molar-refractivity contribution in [2.75, 3.05) is 24.9 Å². The second-order valence-corrected chi connectivity index (χ2v) is 14.3. The molecule has 1 aromatic heterocycles. The van der Waals surface area contributed by atoms with Gasteiger partial charge in [0.25, 0.3) is 11.8 Å². The fraction of sp³-hybridized carbons (Fsp3) is 0.0909. The predicted octanol–water partition coefficient (Wildman–Crippen LogP) is 9.49. The summed E-state index contributed by atoms with van der Waals surface area (Å²) in [6, 6.07) is 40.4. The van der Waals surface area contributed by atoms with E-state index < -0.39 is 17.1 Å². The number of aryl methyl sites for hydroxylation is 1. The lowest BCUT2D eigenvalue weighted by molar-refractivity contribution is -0.116. The Labute approximate surface area is 327 Å². The Hall–Kier alpha value is -6.61. The summed E-state index contributed by atoms with van der Waals surface area (Å²) in [6.07, 6.45) is 1.53. The zero-order valence-electron chi connectivity index (χ0n) is 30.2. The molecular weight excluding hydrogens is 729 g/mol. The molecule has 11 heteroatoms. The lowest BCUT2D eigenvalue weighted by Crippen LogP contribution is -2.30. The zero-order chi connectivity index (χ0) is 38.7. The van der Waals surface area contributed by atoms with Crippen molar-refractivity contribution in [3.63, 3.8) is 0 Å². The molecular formula is C44H36N4O5S2. The van der Waals surface area contributed by atoms with Gasteiger partial charge in [0.05, 0.1) is 19.8 Å². The predicted molar refractivity (Wildman–Crippen MR) is 219 cm³/mol. The van der Waals surface area contributed by atoms with E-state index in [-0.39, 0.29) is 11.6 Å². The number of carbonyl (C=O) groups excluding carboxylic acids is 3. The van der Waals surface area contributed by atoms with Crippen molar-refractivity contribution >= 4 is 57.6 Å². The number of nitrogens with one attached hydrogen (secondary N) is 3. The molecule has 6 rings (SSSR count).